The number of nitrogens with two attached hydrogens (primary N) is 1. The Morgan fingerprint density at radius 2 is 2.00 bits per heavy atom. The fourth-order valence-corrected chi connectivity index (χ4v) is 1.91. The average molecular weight is 273 g/mol. The zero-order chi connectivity index (χ0) is 14.0. The lowest BCUT2D eigenvalue weighted by Gasteiger charge is -2.32. The second kappa shape index (κ2) is 5.08. The number of carbonyl (C=O) groups is 1. The van der Waals surface area contributed by atoms with Gasteiger partial charge in [-0.3, -0.25) is 0 Å². The number of urea groups is 1. The van der Waals surface area contributed by atoms with Crippen molar-refractivity contribution < 1.29 is 18.0 Å². The van der Waals surface area contributed by atoms with E-state index in [-0.39, 0.29) is 17.8 Å². The van der Waals surface area contributed by atoms with E-state index in [1.54, 1.807) is 0 Å². The summed E-state index contributed by atoms with van der Waals surface area (Å²) in [5.41, 5.74) is 4.88. The SMILES string of the molecule is NC1CC(NC(=O)Nc2cccc(C(F)(F)F)c2)C1. The molecule has 1 saturated carbocycles. The molecule has 0 unspecified atom stereocenters. The molecule has 0 aliphatic heterocycles. The summed E-state index contributed by atoms with van der Waals surface area (Å²) >= 11 is 0. The molecule has 4 nitrogen and oxygen atoms in total. The molecule has 1 fully saturated rings. The van der Waals surface area contributed by atoms with E-state index in [9.17, 15) is 18.0 Å². The molecule has 0 atom stereocenters. The van der Waals surface area contributed by atoms with Crippen LogP contribution >= 0.6 is 0 Å². The molecule has 7 heteroatoms. The lowest BCUT2D eigenvalue weighted by molar-refractivity contribution is -0.137. The van der Waals surface area contributed by atoms with Crippen molar-refractivity contribution in [2.24, 2.45) is 5.73 Å². The molecule has 4 N–H and O–H groups in total. The van der Waals surface area contributed by atoms with Crippen molar-refractivity contribution in [2.75, 3.05) is 5.32 Å². The van der Waals surface area contributed by atoms with E-state index in [2.05, 4.69) is 10.6 Å². The predicted octanol–water partition coefficient (Wildman–Crippen LogP) is 2.32. The van der Waals surface area contributed by atoms with Crippen LogP contribution in [0.25, 0.3) is 0 Å². The van der Waals surface area contributed by atoms with Crippen LogP contribution in [-0.2, 0) is 6.18 Å². The number of hydrogen-bond donors (Lipinski definition) is 3. The van der Waals surface area contributed by atoms with Gasteiger partial charge in [0.25, 0.3) is 0 Å². The molecule has 2 amide bonds. The number of nitrogens with one attached hydrogen (secondary N) is 2. The summed E-state index contributed by atoms with van der Waals surface area (Å²) in [7, 11) is 0. The zero-order valence-electron chi connectivity index (χ0n) is 10.00. The van der Waals surface area contributed by atoms with Gasteiger partial charge in [0.1, 0.15) is 0 Å². The monoisotopic (exact) mass is 273 g/mol. The third-order valence-electron chi connectivity index (χ3n) is 2.96. The minimum atomic E-state index is -4.42. The van der Waals surface area contributed by atoms with Gasteiger partial charge in [-0.2, -0.15) is 13.2 Å². The van der Waals surface area contributed by atoms with Gasteiger partial charge in [0.15, 0.2) is 0 Å². The molecule has 0 heterocycles. The van der Waals surface area contributed by atoms with Crippen molar-refractivity contribution in [1.82, 2.24) is 5.32 Å². The Labute approximate surface area is 108 Å². The first-order valence-corrected chi connectivity index (χ1v) is 5.85. The molecule has 1 aromatic rings. The summed E-state index contributed by atoms with van der Waals surface area (Å²) in [4.78, 5) is 11.5. The number of halogens is 3. The van der Waals surface area contributed by atoms with Crippen molar-refractivity contribution in [3.05, 3.63) is 29.8 Å². The van der Waals surface area contributed by atoms with Crippen LogP contribution < -0.4 is 16.4 Å². The third-order valence-corrected chi connectivity index (χ3v) is 2.96. The molecular weight excluding hydrogens is 259 g/mol. The number of amides is 2. The Bertz CT molecular complexity index is 470. The number of anilines is 1. The maximum atomic E-state index is 12.5. The molecule has 19 heavy (non-hydrogen) atoms. The highest BCUT2D eigenvalue weighted by Crippen LogP contribution is 2.30. The number of benzene rings is 1. The van der Waals surface area contributed by atoms with Crippen LogP contribution in [0.15, 0.2) is 24.3 Å². The molecule has 0 bridgehead atoms. The number of carbonyl (C=O) groups excluding carboxylic acids is 1. The highest BCUT2D eigenvalue weighted by Gasteiger charge is 2.31. The maximum absolute atomic E-state index is 12.5. The number of alkyl halides is 3. The minimum absolute atomic E-state index is 0.000740. The average Bonchev–Trinajstić information content (AvgIpc) is 2.26. The van der Waals surface area contributed by atoms with Crippen LogP contribution in [0, 0.1) is 0 Å². The van der Waals surface area contributed by atoms with Gasteiger partial charge in [-0.05, 0) is 31.0 Å². The molecule has 0 spiro atoms. The summed E-state index contributed by atoms with van der Waals surface area (Å²) in [5.74, 6) is 0. The largest absolute Gasteiger partial charge is 0.416 e. The molecule has 0 saturated heterocycles. The molecule has 0 radical (unpaired) electrons. The van der Waals surface area contributed by atoms with E-state index in [1.165, 1.54) is 12.1 Å². The van der Waals surface area contributed by atoms with E-state index < -0.39 is 17.8 Å². The number of hydrogen-bond acceptors (Lipinski definition) is 2. The van der Waals surface area contributed by atoms with Gasteiger partial charge in [-0.15, -0.1) is 0 Å². The first kappa shape index (κ1) is 13.7. The van der Waals surface area contributed by atoms with Gasteiger partial charge in [-0.25, -0.2) is 4.79 Å². The Morgan fingerprint density at radius 3 is 2.58 bits per heavy atom. The van der Waals surface area contributed by atoms with Gasteiger partial charge in [0, 0.05) is 17.8 Å². The van der Waals surface area contributed by atoms with Gasteiger partial charge < -0.3 is 16.4 Å². The van der Waals surface area contributed by atoms with E-state index in [0.29, 0.717) is 12.8 Å². The fraction of sp³-hybridized carbons (Fsp3) is 0.417. The van der Waals surface area contributed by atoms with Crippen LogP contribution in [-0.4, -0.2) is 18.1 Å². The molecule has 1 aromatic carbocycles. The van der Waals surface area contributed by atoms with E-state index in [1.807, 2.05) is 0 Å². The molecule has 1 aliphatic carbocycles. The highest BCUT2D eigenvalue weighted by molar-refractivity contribution is 5.89. The second-order valence-electron chi connectivity index (χ2n) is 4.61. The Kier molecular flexibility index (Phi) is 3.66. The summed E-state index contributed by atoms with van der Waals surface area (Å²) in [6, 6.07) is 4.08. The Hall–Kier alpha value is -1.76. The first-order valence-electron chi connectivity index (χ1n) is 5.85. The zero-order valence-corrected chi connectivity index (χ0v) is 10.00. The van der Waals surface area contributed by atoms with Crippen LogP contribution in [0.1, 0.15) is 18.4 Å². The van der Waals surface area contributed by atoms with Crippen LogP contribution in [0.3, 0.4) is 0 Å². The standard InChI is InChI=1S/C12H14F3N3O/c13-12(14,15)7-2-1-3-9(4-7)17-11(19)18-10-5-8(16)6-10/h1-4,8,10H,5-6,16H2,(H2,17,18,19). The Morgan fingerprint density at radius 1 is 1.32 bits per heavy atom. The third kappa shape index (κ3) is 3.60. The molecule has 104 valence electrons. The van der Waals surface area contributed by atoms with Gasteiger partial charge in [0.05, 0.1) is 5.56 Å². The van der Waals surface area contributed by atoms with Crippen molar-refractivity contribution in [1.29, 1.82) is 0 Å². The highest BCUT2D eigenvalue weighted by atomic mass is 19.4. The van der Waals surface area contributed by atoms with Gasteiger partial charge in [-0.1, -0.05) is 6.07 Å². The summed E-state index contributed by atoms with van der Waals surface area (Å²) < 4.78 is 37.4. The maximum Gasteiger partial charge on any atom is 0.416 e. The van der Waals surface area contributed by atoms with E-state index >= 15 is 0 Å². The van der Waals surface area contributed by atoms with Crippen LogP contribution in [0.2, 0.25) is 0 Å². The van der Waals surface area contributed by atoms with Crippen molar-refractivity contribution in [2.45, 2.75) is 31.1 Å². The molecule has 0 aromatic heterocycles. The number of rotatable bonds is 2. The quantitative estimate of drug-likeness (QED) is 0.774. The smallest absolute Gasteiger partial charge is 0.335 e. The summed E-state index contributed by atoms with van der Waals surface area (Å²) in [6.45, 7) is 0. The molecule has 1 aliphatic rings. The lowest BCUT2D eigenvalue weighted by atomic mass is 9.88. The first-order chi connectivity index (χ1) is 8.84. The van der Waals surface area contributed by atoms with Gasteiger partial charge >= 0.3 is 12.2 Å². The van der Waals surface area contributed by atoms with Crippen LogP contribution in [0.5, 0.6) is 0 Å². The summed E-state index contributed by atoms with van der Waals surface area (Å²) in [5, 5.41) is 5.02. The predicted molar refractivity (Wildman–Crippen MR) is 64.6 cm³/mol. The topological polar surface area (TPSA) is 67.1 Å². The second-order valence-corrected chi connectivity index (χ2v) is 4.61. The lowest BCUT2D eigenvalue weighted by Crippen LogP contribution is -2.51. The van der Waals surface area contributed by atoms with E-state index in [4.69, 9.17) is 5.73 Å². The van der Waals surface area contributed by atoms with Gasteiger partial charge in [0.2, 0.25) is 0 Å². The normalized spacial score (nSPS) is 22.5. The summed E-state index contributed by atoms with van der Waals surface area (Å²) in [6.07, 6.45) is -3.04. The minimum Gasteiger partial charge on any atom is -0.335 e. The van der Waals surface area contributed by atoms with E-state index in [0.717, 1.165) is 12.1 Å². The van der Waals surface area contributed by atoms with Crippen LogP contribution in [0.4, 0.5) is 23.7 Å². The fourth-order valence-electron chi connectivity index (χ4n) is 1.91. The molecule has 2 rings (SSSR count). The van der Waals surface area contributed by atoms with Crippen molar-refractivity contribution in [3.63, 3.8) is 0 Å². The van der Waals surface area contributed by atoms with Crippen molar-refractivity contribution >= 4 is 11.7 Å². The van der Waals surface area contributed by atoms with Crippen molar-refractivity contribution in [3.8, 4) is 0 Å². The molecular formula is C12H14F3N3O. The Balaban J connectivity index is 1.93.